The summed E-state index contributed by atoms with van der Waals surface area (Å²) in [7, 11) is 0. The van der Waals surface area contributed by atoms with Gasteiger partial charge in [0.05, 0.1) is 18.2 Å². The van der Waals surface area contributed by atoms with Gasteiger partial charge in [0.15, 0.2) is 0 Å². The van der Waals surface area contributed by atoms with Gasteiger partial charge < -0.3 is 15.3 Å². The van der Waals surface area contributed by atoms with Gasteiger partial charge in [-0.1, -0.05) is 18.3 Å². The third kappa shape index (κ3) is 5.73. The van der Waals surface area contributed by atoms with Crippen molar-refractivity contribution in [2.75, 3.05) is 25.4 Å². The number of aliphatic carboxylic acids is 1. The Kier molecular flexibility index (Phi) is 8.84. The van der Waals surface area contributed by atoms with Gasteiger partial charge in [-0.15, -0.1) is 11.6 Å². The molecule has 0 bridgehead atoms. The van der Waals surface area contributed by atoms with Gasteiger partial charge in [0.2, 0.25) is 0 Å². The van der Waals surface area contributed by atoms with E-state index in [0.29, 0.717) is 35.4 Å². The van der Waals surface area contributed by atoms with Crippen LogP contribution < -0.4 is 10.9 Å². The molecule has 3 saturated heterocycles. The zero-order valence-electron chi connectivity index (χ0n) is 23.6. The third-order valence-corrected chi connectivity index (χ3v) is 12.3. The average Bonchev–Trinajstić information content (AvgIpc) is 3.41. The van der Waals surface area contributed by atoms with Crippen molar-refractivity contribution in [3.8, 4) is 11.8 Å². The summed E-state index contributed by atoms with van der Waals surface area (Å²) < 4.78 is 1.79. The average molecular weight is 587 g/mol. The fourth-order valence-electron chi connectivity index (χ4n) is 8.21. The SMILES string of the molecule is Cc1nc2c(c(=O)n1CC#CC1CCC(Cl)CC1C1CCNC3C(C(=O)O)CSC13)C[C@H](N1CCCCC1)CC2. The minimum absolute atomic E-state index is 0.0297. The van der Waals surface area contributed by atoms with Crippen LogP contribution in [0.4, 0.5) is 0 Å². The van der Waals surface area contributed by atoms with E-state index in [1.165, 1.54) is 19.3 Å². The number of aryl methyl sites for hydroxylation is 2. The summed E-state index contributed by atoms with van der Waals surface area (Å²) in [6.07, 6.45) is 10.5. The molecule has 1 saturated carbocycles. The number of nitrogens with zero attached hydrogens (tertiary/aromatic N) is 3. The van der Waals surface area contributed by atoms with Crippen molar-refractivity contribution in [2.24, 2.45) is 23.7 Å². The van der Waals surface area contributed by atoms with Crippen LogP contribution in [0.25, 0.3) is 0 Å². The Hall–Kier alpha value is -1.53. The zero-order valence-corrected chi connectivity index (χ0v) is 25.2. The van der Waals surface area contributed by atoms with Crippen molar-refractivity contribution in [3.05, 3.63) is 27.4 Å². The van der Waals surface area contributed by atoms with Gasteiger partial charge in [0, 0.05) is 39.9 Å². The van der Waals surface area contributed by atoms with Crippen LogP contribution in [0.3, 0.4) is 0 Å². The fourth-order valence-corrected chi connectivity index (χ4v) is 10.4. The molecule has 2 aliphatic carbocycles. The molecule has 6 rings (SSSR count). The van der Waals surface area contributed by atoms with Gasteiger partial charge in [-0.3, -0.25) is 14.2 Å². The standard InChI is InChI=1S/C31H43ClN4O3S/c1-19-34-27-10-9-22(35-13-3-2-4-14-35)17-25(27)30(37)36(19)15-5-6-20-7-8-21(32)16-24(20)23-11-12-33-28-26(31(38)39)18-40-29(23)28/h20-24,26,28-29,33H,2-4,7-18H2,1H3,(H,38,39)/t20?,21?,22-,23?,24?,26?,28?,29?/m1/s1. The predicted molar refractivity (Wildman–Crippen MR) is 160 cm³/mol. The largest absolute Gasteiger partial charge is 0.481 e. The van der Waals surface area contributed by atoms with Crippen LogP contribution in [0, 0.1) is 42.4 Å². The van der Waals surface area contributed by atoms with Gasteiger partial charge >= 0.3 is 5.97 Å². The zero-order chi connectivity index (χ0) is 27.8. The van der Waals surface area contributed by atoms with Crippen LogP contribution in [-0.2, 0) is 24.2 Å². The molecule has 9 heteroatoms. The van der Waals surface area contributed by atoms with Gasteiger partial charge in [-0.25, -0.2) is 4.98 Å². The lowest BCUT2D eigenvalue weighted by atomic mass is 9.68. The Bertz CT molecular complexity index is 1220. The number of nitrogens with one attached hydrogen (secondary N) is 1. The molecule has 1 aromatic rings. The Labute approximate surface area is 247 Å². The maximum absolute atomic E-state index is 13.7. The number of piperidine rings is 2. The van der Waals surface area contributed by atoms with Gasteiger partial charge in [-0.2, -0.15) is 11.8 Å². The topological polar surface area (TPSA) is 87.5 Å². The van der Waals surface area contributed by atoms with Crippen LogP contribution in [0.2, 0.25) is 0 Å². The van der Waals surface area contributed by atoms with Crippen LogP contribution in [0.15, 0.2) is 4.79 Å². The Morgan fingerprint density at radius 2 is 2.00 bits per heavy atom. The molecule has 0 amide bonds. The minimum atomic E-state index is -0.690. The molecule has 3 aliphatic heterocycles. The third-order valence-electron chi connectivity index (χ3n) is 10.4. The maximum Gasteiger partial charge on any atom is 0.308 e. The molecule has 0 radical (unpaired) electrons. The van der Waals surface area contributed by atoms with Crippen LogP contribution in [-0.4, -0.2) is 73.6 Å². The van der Waals surface area contributed by atoms with Gasteiger partial charge in [0.25, 0.3) is 5.56 Å². The van der Waals surface area contributed by atoms with E-state index in [1.54, 1.807) is 4.57 Å². The molecule has 0 aromatic carbocycles. The molecule has 8 atom stereocenters. The highest BCUT2D eigenvalue weighted by atomic mass is 35.5. The second-order valence-electron chi connectivity index (χ2n) is 12.6. The Balaban J connectivity index is 1.19. The van der Waals surface area contributed by atoms with E-state index in [2.05, 4.69) is 22.1 Å². The van der Waals surface area contributed by atoms with Crippen molar-refractivity contribution in [2.45, 2.75) is 100 Å². The molecule has 1 aromatic heterocycles. The first kappa shape index (κ1) is 28.6. The normalized spacial score (nSPS) is 36.2. The number of fused-ring (bicyclic) bond motifs is 2. The monoisotopic (exact) mass is 586 g/mol. The van der Waals surface area contributed by atoms with Crippen molar-refractivity contribution in [3.63, 3.8) is 0 Å². The van der Waals surface area contributed by atoms with Crippen molar-refractivity contribution in [1.82, 2.24) is 19.8 Å². The summed E-state index contributed by atoms with van der Waals surface area (Å²) in [5.74, 6) is 8.44. The van der Waals surface area contributed by atoms with E-state index in [1.807, 2.05) is 18.7 Å². The van der Waals surface area contributed by atoms with Crippen molar-refractivity contribution < 1.29 is 9.90 Å². The molecular weight excluding hydrogens is 544 g/mol. The van der Waals surface area contributed by atoms with Crippen LogP contribution in [0.5, 0.6) is 0 Å². The number of aromatic nitrogens is 2. The summed E-state index contributed by atoms with van der Waals surface area (Å²) in [5.41, 5.74) is 2.00. The predicted octanol–water partition coefficient (Wildman–Crippen LogP) is 3.72. The number of likely N-dealkylation sites (tertiary alicyclic amines) is 1. The molecule has 40 heavy (non-hydrogen) atoms. The molecule has 0 spiro atoms. The quantitative estimate of drug-likeness (QED) is 0.411. The van der Waals surface area contributed by atoms with Crippen LogP contribution in [0.1, 0.15) is 68.4 Å². The summed E-state index contributed by atoms with van der Waals surface area (Å²) in [5, 5.41) is 13.7. The summed E-state index contributed by atoms with van der Waals surface area (Å²) in [6, 6.07) is 0.487. The summed E-state index contributed by atoms with van der Waals surface area (Å²) in [6.45, 7) is 5.47. The fraction of sp³-hybridized carbons (Fsp3) is 0.774. The molecule has 4 fully saturated rings. The molecular formula is C31H43ClN4O3S. The van der Waals surface area contributed by atoms with Crippen molar-refractivity contribution >= 4 is 29.3 Å². The van der Waals surface area contributed by atoms with E-state index in [9.17, 15) is 14.7 Å². The lowest BCUT2D eigenvalue weighted by Gasteiger charge is -2.44. The lowest BCUT2D eigenvalue weighted by molar-refractivity contribution is -0.141. The molecule has 218 valence electrons. The molecule has 2 N–H and O–H groups in total. The number of hydrogen-bond donors (Lipinski definition) is 2. The minimum Gasteiger partial charge on any atom is -0.481 e. The maximum atomic E-state index is 13.7. The number of carboxylic acid groups (broad SMARTS) is 1. The second kappa shape index (κ2) is 12.4. The number of thioether (sulfide) groups is 1. The first-order valence-electron chi connectivity index (χ1n) is 15.4. The Morgan fingerprint density at radius 1 is 1.18 bits per heavy atom. The van der Waals surface area contributed by atoms with E-state index in [-0.39, 0.29) is 28.8 Å². The molecule has 5 aliphatic rings. The number of carbonyl (C=O) groups is 1. The smallest absolute Gasteiger partial charge is 0.308 e. The first-order valence-corrected chi connectivity index (χ1v) is 16.9. The van der Waals surface area contributed by atoms with E-state index < -0.39 is 5.97 Å². The van der Waals surface area contributed by atoms with E-state index in [0.717, 1.165) is 81.7 Å². The van der Waals surface area contributed by atoms with E-state index >= 15 is 0 Å². The van der Waals surface area contributed by atoms with Gasteiger partial charge in [0.1, 0.15) is 5.82 Å². The van der Waals surface area contributed by atoms with Gasteiger partial charge in [-0.05, 0) is 96.2 Å². The highest BCUT2D eigenvalue weighted by molar-refractivity contribution is 8.00. The summed E-state index contributed by atoms with van der Waals surface area (Å²) >= 11 is 8.53. The van der Waals surface area contributed by atoms with Crippen molar-refractivity contribution in [1.29, 1.82) is 0 Å². The Morgan fingerprint density at radius 3 is 2.80 bits per heavy atom. The lowest BCUT2D eigenvalue weighted by Crippen LogP contribution is -2.53. The van der Waals surface area contributed by atoms with E-state index in [4.69, 9.17) is 16.6 Å². The first-order chi connectivity index (χ1) is 19.4. The number of hydrogen-bond acceptors (Lipinski definition) is 6. The number of alkyl halides is 1. The molecule has 4 heterocycles. The molecule has 7 unspecified atom stereocenters. The highest BCUT2D eigenvalue weighted by Gasteiger charge is 2.50. The highest BCUT2D eigenvalue weighted by Crippen LogP contribution is 2.48. The van der Waals surface area contributed by atoms with Crippen LogP contribution >= 0.6 is 23.4 Å². The number of carboxylic acids is 1. The second-order valence-corrected chi connectivity index (χ2v) is 14.5. The summed E-state index contributed by atoms with van der Waals surface area (Å²) in [4.78, 5) is 33.0. The number of halogens is 1. The number of rotatable bonds is 4. The molecule has 7 nitrogen and oxygen atoms in total.